The van der Waals surface area contributed by atoms with Crippen LogP contribution in [0.2, 0.25) is 0 Å². The van der Waals surface area contributed by atoms with Gasteiger partial charge >= 0.3 is 6.09 Å². The minimum atomic E-state index is -0.668. The van der Waals surface area contributed by atoms with E-state index in [0.29, 0.717) is 12.5 Å². The molecule has 0 spiro atoms. The number of alkyl carbamates (subject to hydrolysis) is 1. The molecule has 0 aliphatic carbocycles. The van der Waals surface area contributed by atoms with Crippen LogP contribution in [0.4, 0.5) is 10.6 Å². The van der Waals surface area contributed by atoms with E-state index in [9.17, 15) is 9.59 Å². The van der Waals surface area contributed by atoms with E-state index in [4.69, 9.17) is 5.73 Å². The fourth-order valence-corrected chi connectivity index (χ4v) is 3.06. The Morgan fingerprint density at radius 3 is 2.74 bits per heavy atom. The minimum Gasteiger partial charge on any atom is -0.439 e. The van der Waals surface area contributed by atoms with Crippen LogP contribution in [0.5, 0.6) is 0 Å². The first-order valence-electron chi connectivity index (χ1n) is 8.86. The Kier molecular flexibility index (Phi) is 6.18. The van der Waals surface area contributed by atoms with Crippen LogP contribution in [-0.4, -0.2) is 57.8 Å². The number of nitrogens with zero attached hydrogens (tertiary/aromatic N) is 5. The van der Waals surface area contributed by atoms with Crippen LogP contribution in [0.3, 0.4) is 0 Å². The first-order chi connectivity index (χ1) is 13.1. The molecule has 10 heteroatoms. The van der Waals surface area contributed by atoms with Crippen molar-refractivity contribution in [2.45, 2.75) is 19.3 Å². The Labute approximate surface area is 156 Å². The van der Waals surface area contributed by atoms with E-state index in [1.54, 1.807) is 18.9 Å². The molecule has 0 radical (unpaired) electrons. The van der Waals surface area contributed by atoms with Crippen molar-refractivity contribution in [2.75, 3.05) is 31.1 Å². The van der Waals surface area contributed by atoms with Gasteiger partial charge in [0.05, 0.1) is 0 Å². The monoisotopic (exact) mass is 373 g/mol. The molecule has 2 aromatic heterocycles. The number of nitrogens with one attached hydrogen (secondary N) is 1. The number of imidazole rings is 1. The van der Waals surface area contributed by atoms with Gasteiger partial charge in [0.15, 0.2) is 6.61 Å². The molecule has 3 heterocycles. The van der Waals surface area contributed by atoms with Gasteiger partial charge in [-0.3, -0.25) is 9.36 Å². The van der Waals surface area contributed by atoms with E-state index in [0.717, 1.165) is 44.0 Å². The van der Waals surface area contributed by atoms with Gasteiger partial charge in [-0.1, -0.05) is 0 Å². The van der Waals surface area contributed by atoms with Crippen molar-refractivity contribution in [3.8, 4) is 5.82 Å². The SMILES string of the molecule is NC(=O)COC(=O)NCCC1CCN(c2cc(-n3ccnc3)ncn2)CC1. The third-order valence-electron chi connectivity index (χ3n) is 4.51. The number of amides is 2. The molecule has 1 saturated heterocycles. The van der Waals surface area contributed by atoms with E-state index in [1.165, 1.54) is 0 Å². The van der Waals surface area contributed by atoms with E-state index in [-0.39, 0.29) is 0 Å². The number of carbonyl (C=O) groups excluding carboxylic acids is 2. The highest BCUT2D eigenvalue weighted by Crippen LogP contribution is 2.24. The lowest BCUT2D eigenvalue weighted by Gasteiger charge is -2.32. The highest BCUT2D eigenvalue weighted by molar-refractivity contribution is 5.78. The summed E-state index contributed by atoms with van der Waals surface area (Å²) in [5, 5.41) is 2.64. The summed E-state index contributed by atoms with van der Waals surface area (Å²) in [4.78, 5) is 36.9. The van der Waals surface area contributed by atoms with Crippen LogP contribution in [0.1, 0.15) is 19.3 Å². The van der Waals surface area contributed by atoms with Crippen molar-refractivity contribution < 1.29 is 14.3 Å². The molecule has 10 nitrogen and oxygen atoms in total. The zero-order valence-corrected chi connectivity index (χ0v) is 15.0. The second-order valence-corrected chi connectivity index (χ2v) is 6.39. The van der Waals surface area contributed by atoms with Gasteiger partial charge in [0.2, 0.25) is 0 Å². The van der Waals surface area contributed by atoms with Gasteiger partial charge in [0.1, 0.15) is 24.3 Å². The van der Waals surface area contributed by atoms with Crippen molar-refractivity contribution in [2.24, 2.45) is 11.7 Å². The molecule has 1 aliphatic heterocycles. The molecule has 27 heavy (non-hydrogen) atoms. The number of aromatic nitrogens is 4. The van der Waals surface area contributed by atoms with Crippen molar-refractivity contribution in [1.82, 2.24) is 24.8 Å². The largest absolute Gasteiger partial charge is 0.439 e. The summed E-state index contributed by atoms with van der Waals surface area (Å²) in [6, 6.07) is 1.96. The average molecular weight is 373 g/mol. The number of nitrogens with two attached hydrogens (primary N) is 1. The van der Waals surface area contributed by atoms with Gasteiger partial charge in [-0.25, -0.2) is 19.7 Å². The van der Waals surface area contributed by atoms with Gasteiger partial charge in [-0.15, -0.1) is 0 Å². The summed E-state index contributed by atoms with van der Waals surface area (Å²) >= 11 is 0. The Morgan fingerprint density at radius 1 is 1.26 bits per heavy atom. The molecule has 0 saturated carbocycles. The maximum atomic E-state index is 11.4. The first kappa shape index (κ1) is 18.6. The number of hydrogen-bond donors (Lipinski definition) is 2. The fraction of sp³-hybridized carbons (Fsp3) is 0.471. The summed E-state index contributed by atoms with van der Waals surface area (Å²) in [6.07, 6.45) is 9.12. The molecule has 1 aliphatic rings. The first-order valence-corrected chi connectivity index (χ1v) is 8.86. The lowest BCUT2D eigenvalue weighted by atomic mass is 9.93. The van der Waals surface area contributed by atoms with E-state index in [1.807, 2.05) is 16.8 Å². The van der Waals surface area contributed by atoms with Crippen molar-refractivity contribution in [3.63, 3.8) is 0 Å². The van der Waals surface area contributed by atoms with Gasteiger partial charge in [0, 0.05) is 38.1 Å². The molecule has 2 amide bonds. The third-order valence-corrected chi connectivity index (χ3v) is 4.51. The van der Waals surface area contributed by atoms with Crippen LogP contribution in [0.15, 0.2) is 31.1 Å². The molecule has 1 fully saturated rings. The lowest BCUT2D eigenvalue weighted by molar-refractivity contribution is -0.120. The van der Waals surface area contributed by atoms with Crippen molar-refractivity contribution in [3.05, 3.63) is 31.1 Å². The Balaban J connectivity index is 1.42. The van der Waals surface area contributed by atoms with Crippen molar-refractivity contribution in [1.29, 1.82) is 0 Å². The number of primary amides is 1. The highest BCUT2D eigenvalue weighted by Gasteiger charge is 2.20. The molecular formula is C17H23N7O3. The lowest BCUT2D eigenvalue weighted by Crippen LogP contribution is -2.36. The van der Waals surface area contributed by atoms with Crippen LogP contribution >= 0.6 is 0 Å². The molecule has 2 aromatic rings. The Hall–Kier alpha value is -3.17. The molecule has 0 atom stereocenters. The summed E-state index contributed by atoms with van der Waals surface area (Å²) in [5.41, 5.74) is 4.92. The summed E-state index contributed by atoms with van der Waals surface area (Å²) in [5.74, 6) is 1.55. The Morgan fingerprint density at radius 2 is 2.04 bits per heavy atom. The molecule has 0 unspecified atom stereocenters. The molecule has 0 bridgehead atoms. The number of hydrogen-bond acceptors (Lipinski definition) is 7. The molecule has 3 N–H and O–H groups in total. The van der Waals surface area contributed by atoms with Gasteiger partial charge in [-0.05, 0) is 25.2 Å². The van der Waals surface area contributed by atoms with Crippen LogP contribution in [-0.2, 0) is 9.53 Å². The van der Waals surface area contributed by atoms with E-state index in [2.05, 4.69) is 29.9 Å². The number of rotatable bonds is 7. The molecule has 144 valence electrons. The fourth-order valence-electron chi connectivity index (χ4n) is 3.06. The smallest absolute Gasteiger partial charge is 0.407 e. The second kappa shape index (κ2) is 8.97. The maximum absolute atomic E-state index is 11.4. The average Bonchev–Trinajstić information content (AvgIpc) is 3.22. The highest BCUT2D eigenvalue weighted by atomic mass is 16.6. The third kappa shape index (κ3) is 5.40. The summed E-state index contributed by atoms with van der Waals surface area (Å²) in [6.45, 7) is 1.92. The van der Waals surface area contributed by atoms with Crippen molar-refractivity contribution >= 4 is 17.8 Å². The zero-order valence-electron chi connectivity index (χ0n) is 15.0. The maximum Gasteiger partial charge on any atom is 0.407 e. The zero-order chi connectivity index (χ0) is 19.1. The summed E-state index contributed by atoms with van der Waals surface area (Å²) < 4.78 is 6.50. The van der Waals surface area contributed by atoms with Gasteiger partial charge in [0.25, 0.3) is 5.91 Å². The molecule has 0 aromatic carbocycles. The number of anilines is 1. The molecular weight excluding hydrogens is 350 g/mol. The minimum absolute atomic E-state index is 0.399. The standard InChI is InChI=1S/C17H23N7O3/c18-14(25)10-27-17(26)20-4-1-13-2-6-23(7-3-13)15-9-16(22-11-21-15)24-8-5-19-12-24/h5,8-9,11-13H,1-4,6-7,10H2,(H2,18,25)(H,20,26). The number of ether oxygens (including phenoxy) is 1. The normalized spacial score (nSPS) is 14.7. The predicted molar refractivity (Wildman–Crippen MR) is 97.3 cm³/mol. The molecule has 3 rings (SSSR count). The quantitative estimate of drug-likeness (QED) is 0.722. The van der Waals surface area contributed by atoms with Crippen LogP contribution < -0.4 is 16.0 Å². The number of carbonyl (C=O) groups is 2. The van der Waals surface area contributed by atoms with E-state index < -0.39 is 18.6 Å². The topological polar surface area (TPSA) is 128 Å². The number of piperidine rings is 1. The van der Waals surface area contributed by atoms with Gasteiger partial charge in [-0.2, -0.15) is 0 Å². The van der Waals surface area contributed by atoms with Gasteiger partial charge < -0.3 is 20.7 Å². The Bertz CT molecular complexity index is 758. The van der Waals surface area contributed by atoms with Crippen LogP contribution in [0.25, 0.3) is 5.82 Å². The van der Waals surface area contributed by atoms with Crippen LogP contribution in [0, 0.1) is 5.92 Å². The predicted octanol–water partition coefficient (Wildman–Crippen LogP) is 0.480. The van der Waals surface area contributed by atoms with E-state index >= 15 is 0 Å². The summed E-state index contributed by atoms with van der Waals surface area (Å²) in [7, 11) is 0. The second-order valence-electron chi connectivity index (χ2n) is 6.39.